The molecule has 1 saturated heterocycles. The van der Waals surface area contributed by atoms with Crippen molar-refractivity contribution in [3.63, 3.8) is 0 Å². The van der Waals surface area contributed by atoms with Crippen molar-refractivity contribution in [2.24, 2.45) is 0 Å². The molecule has 0 saturated carbocycles. The first-order chi connectivity index (χ1) is 11.2. The van der Waals surface area contributed by atoms with Crippen molar-refractivity contribution in [3.8, 4) is 5.75 Å². The molecule has 2 aromatic rings. The van der Waals surface area contributed by atoms with E-state index in [0.717, 1.165) is 24.3 Å². The van der Waals surface area contributed by atoms with Gasteiger partial charge in [-0.05, 0) is 55.2 Å². The molecular weight excluding hydrogens is 286 g/mol. The van der Waals surface area contributed by atoms with Gasteiger partial charge in [-0.2, -0.15) is 0 Å². The maximum absolute atomic E-state index is 5.83. The fourth-order valence-corrected chi connectivity index (χ4v) is 2.82. The van der Waals surface area contributed by atoms with E-state index in [2.05, 4.69) is 61.1 Å². The Balaban J connectivity index is 1.63. The molecule has 0 aliphatic carbocycles. The van der Waals surface area contributed by atoms with Crippen LogP contribution in [0.2, 0.25) is 0 Å². The van der Waals surface area contributed by atoms with E-state index in [1.54, 1.807) is 0 Å². The zero-order chi connectivity index (χ0) is 16.2. The summed E-state index contributed by atoms with van der Waals surface area (Å²) in [5.41, 5.74) is 15.8. The molecule has 23 heavy (non-hydrogen) atoms. The molecule has 1 aliphatic rings. The molecule has 122 valence electrons. The lowest BCUT2D eigenvalue weighted by atomic mass is 9.97. The zero-order valence-electron chi connectivity index (χ0n) is 13.8. The fourth-order valence-electron chi connectivity index (χ4n) is 2.82. The van der Waals surface area contributed by atoms with Crippen molar-refractivity contribution in [2.45, 2.75) is 44.9 Å². The molecule has 0 aromatic heterocycles. The maximum Gasteiger partial charge on any atom is 0.119 e. The molecule has 3 unspecified atom stereocenters. The van der Waals surface area contributed by atoms with Gasteiger partial charge in [0.2, 0.25) is 0 Å². The molecule has 1 aliphatic heterocycles. The SMILES string of the molecule is CCC(C)Oc1ccc(C2CC(c3ccc(N)cc3)NN2)cc1. The minimum atomic E-state index is 0.252. The lowest BCUT2D eigenvalue weighted by molar-refractivity contribution is 0.217. The van der Waals surface area contributed by atoms with Gasteiger partial charge in [0.1, 0.15) is 5.75 Å². The number of nitrogens with two attached hydrogens (primary N) is 1. The Morgan fingerprint density at radius 2 is 1.52 bits per heavy atom. The Hall–Kier alpha value is -2.04. The third-order valence-electron chi connectivity index (χ3n) is 4.44. The molecule has 3 rings (SSSR count). The van der Waals surface area contributed by atoms with E-state index in [9.17, 15) is 0 Å². The Bertz CT molecular complexity index is 624. The van der Waals surface area contributed by atoms with Crippen molar-refractivity contribution in [1.82, 2.24) is 10.9 Å². The normalized spacial score (nSPS) is 22.0. The van der Waals surface area contributed by atoms with Crippen LogP contribution in [-0.4, -0.2) is 6.10 Å². The molecular formula is C19H25N3O. The number of hydrazine groups is 1. The van der Waals surface area contributed by atoms with Gasteiger partial charge in [-0.15, -0.1) is 0 Å². The van der Waals surface area contributed by atoms with E-state index < -0.39 is 0 Å². The van der Waals surface area contributed by atoms with Crippen LogP contribution < -0.4 is 21.3 Å². The van der Waals surface area contributed by atoms with E-state index in [1.165, 1.54) is 11.1 Å². The highest BCUT2D eigenvalue weighted by Crippen LogP contribution is 2.31. The molecule has 4 N–H and O–H groups in total. The summed E-state index contributed by atoms with van der Waals surface area (Å²) in [4.78, 5) is 0. The molecule has 0 radical (unpaired) electrons. The van der Waals surface area contributed by atoms with Crippen LogP contribution in [0.4, 0.5) is 5.69 Å². The van der Waals surface area contributed by atoms with Crippen LogP contribution in [0.25, 0.3) is 0 Å². The topological polar surface area (TPSA) is 59.3 Å². The molecule has 3 atom stereocenters. The van der Waals surface area contributed by atoms with Gasteiger partial charge < -0.3 is 10.5 Å². The largest absolute Gasteiger partial charge is 0.491 e. The van der Waals surface area contributed by atoms with E-state index in [1.807, 2.05) is 12.1 Å². The van der Waals surface area contributed by atoms with Gasteiger partial charge in [-0.3, -0.25) is 0 Å². The Kier molecular flexibility index (Phi) is 4.84. The Labute approximate surface area is 138 Å². The summed E-state index contributed by atoms with van der Waals surface area (Å²) in [5.74, 6) is 0.934. The van der Waals surface area contributed by atoms with Crippen molar-refractivity contribution in [1.29, 1.82) is 0 Å². The molecule has 1 fully saturated rings. The van der Waals surface area contributed by atoms with Crippen molar-refractivity contribution < 1.29 is 4.74 Å². The first-order valence-corrected chi connectivity index (χ1v) is 8.29. The van der Waals surface area contributed by atoms with Crippen molar-refractivity contribution in [2.75, 3.05) is 5.73 Å². The lowest BCUT2D eigenvalue weighted by Crippen LogP contribution is -2.26. The second-order valence-corrected chi connectivity index (χ2v) is 6.20. The number of nitrogens with one attached hydrogen (secondary N) is 2. The second-order valence-electron chi connectivity index (χ2n) is 6.20. The number of ether oxygens (including phenoxy) is 1. The highest BCUT2D eigenvalue weighted by molar-refractivity contribution is 5.40. The molecule has 0 bridgehead atoms. The van der Waals surface area contributed by atoms with Gasteiger partial charge >= 0.3 is 0 Å². The van der Waals surface area contributed by atoms with Crippen LogP contribution >= 0.6 is 0 Å². The van der Waals surface area contributed by atoms with Crippen LogP contribution in [0.15, 0.2) is 48.5 Å². The van der Waals surface area contributed by atoms with Gasteiger partial charge in [-0.25, -0.2) is 10.9 Å². The monoisotopic (exact) mass is 311 g/mol. The van der Waals surface area contributed by atoms with Gasteiger partial charge in [-0.1, -0.05) is 31.2 Å². The Morgan fingerprint density at radius 1 is 1.00 bits per heavy atom. The lowest BCUT2D eigenvalue weighted by Gasteiger charge is -2.14. The molecule has 1 heterocycles. The number of nitrogen functional groups attached to an aromatic ring is 1. The molecule has 0 spiro atoms. The number of hydrogen-bond acceptors (Lipinski definition) is 4. The minimum absolute atomic E-state index is 0.252. The van der Waals surface area contributed by atoms with Crippen LogP contribution in [0, 0.1) is 0 Å². The summed E-state index contributed by atoms with van der Waals surface area (Å²) in [5, 5.41) is 0. The highest BCUT2D eigenvalue weighted by Gasteiger charge is 2.26. The molecule has 4 heteroatoms. The van der Waals surface area contributed by atoms with Gasteiger partial charge in [0, 0.05) is 17.8 Å². The number of benzene rings is 2. The van der Waals surface area contributed by atoms with Crippen LogP contribution in [-0.2, 0) is 0 Å². The zero-order valence-corrected chi connectivity index (χ0v) is 13.8. The highest BCUT2D eigenvalue weighted by atomic mass is 16.5. The van der Waals surface area contributed by atoms with Crippen LogP contribution in [0.1, 0.15) is 49.9 Å². The van der Waals surface area contributed by atoms with Gasteiger partial charge in [0.05, 0.1) is 6.10 Å². The van der Waals surface area contributed by atoms with Crippen molar-refractivity contribution in [3.05, 3.63) is 59.7 Å². The molecule has 4 nitrogen and oxygen atoms in total. The molecule has 0 amide bonds. The van der Waals surface area contributed by atoms with Gasteiger partial charge in [0.25, 0.3) is 0 Å². The summed E-state index contributed by atoms with van der Waals surface area (Å²) in [6, 6.07) is 17.1. The molecule has 2 aromatic carbocycles. The van der Waals surface area contributed by atoms with E-state index in [-0.39, 0.29) is 6.10 Å². The quantitative estimate of drug-likeness (QED) is 0.737. The van der Waals surface area contributed by atoms with E-state index >= 15 is 0 Å². The van der Waals surface area contributed by atoms with E-state index in [0.29, 0.717) is 12.1 Å². The average Bonchev–Trinajstić information content (AvgIpc) is 3.06. The first kappa shape index (κ1) is 15.8. The number of anilines is 1. The summed E-state index contributed by atoms with van der Waals surface area (Å²) < 4.78 is 5.83. The number of hydrogen-bond donors (Lipinski definition) is 3. The summed E-state index contributed by atoms with van der Waals surface area (Å²) in [6.07, 6.45) is 2.27. The van der Waals surface area contributed by atoms with Gasteiger partial charge in [0.15, 0.2) is 0 Å². The minimum Gasteiger partial charge on any atom is -0.491 e. The maximum atomic E-state index is 5.83. The predicted octanol–water partition coefficient (Wildman–Crippen LogP) is 3.73. The third-order valence-corrected chi connectivity index (χ3v) is 4.44. The predicted molar refractivity (Wildman–Crippen MR) is 94.0 cm³/mol. The van der Waals surface area contributed by atoms with Crippen LogP contribution in [0.5, 0.6) is 5.75 Å². The summed E-state index contributed by atoms with van der Waals surface area (Å²) in [6.45, 7) is 4.22. The number of rotatable bonds is 5. The van der Waals surface area contributed by atoms with Crippen molar-refractivity contribution >= 4 is 5.69 Å². The first-order valence-electron chi connectivity index (χ1n) is 8.29. The summed E-state index contributed by atoms with van der Waals surface area (Å²) >= 11 is 0. The van der Waals surface area contributed by atoms with Crippen LogP contribution in [0.3, 0.4) is 0 Å². The summed E-state index contributed by atoms with van der Waals surface area (Å²) in [7, 11) is 0. The third kappa shape index (κ3) is 3.84. The second kappa shape index (κ2) is 7.02. The fraction of sp³-hybridized carbons (Fsp3) is 0.368. The average molecular weight is 311 g/mol. The van der Waals surface area contributed by atoms with E-state index in [4.69, 9.17) is 10.5 Å². The smallest absolute Gasteiger partial charge is 0.119 e. The standard InChI is InChI=1S/C19H25N3O/c1-3-13(2)23-17-10-6-15(7-11-17)19-12-18(21-22-19)14-4-8-16(20)9-5-14/h4-11,13,18-19,21-22H,3,12,20H2,1-2H3. The Morgan fingerprint density at radius 3 is 2.04 bits per heavy atom.